The predicted octanol–water partition coefficient (Wildman–Crippen LogP) is 0.830. The van der Waals surface area contributed by atoms with Crippen molar-refractivity contribution in [1.82, 2.24) is 0 Å². The van der Waals surface area contributed by atoms with Crippen LogP contribution in [0, 0.1) is 0 Å². The first-order valence-corrected chi connectivity index (χ1v) is 6.19. The van der Waals surface area contributed by atoms with Gasteiger partial charge in [0, 0.05) is 19.8 Å². The largest absolute Gasteiger partial charge is 0.484 e. The Labute approximate surface area is 82.1 Å². The normalized spacial score (nSPS) is 13.8. The van der Waals surface area contributed by atoms with Crippen LogP contribution in [0.4, 0.5) is 0 Å². The zero-order chi connectivity index (χ0) is 9.94. The van der Waals surface area contributed by atoms with Crippen LogP contribution in [0.25, 0.3) is 0 Å². The fourth-order valence-electron chi connectivity index (χ4n) is 0.553. The fourth-order valence-corrected chi connectivity index (χ4v) is 1.66. The molecule has 0 radical (unpaired) electrons. The molecule has 0 aliphatic carbocycles. The average Bonchev–Trinajstić information content (AvgIpc) is 2.91. The molecule has 0 spiro atoms. The molecule has 0 bridgehead atoms. The van der Waals surface area contributed by atoms with E-state index in [4.69, 9.17) is 13.3 Å². The minimum absolute atomic E-state index is 0.677. The van der Waals surface area contributed by atoms with E-state index in [-0.39, 0.29) is 0 Å². The average molecular weight is 208 g/mol. The monoisotopic (exact) mass is 208 g/mol. The lowest BCUT2D eigenvalue weighted by Gasteiger charge is -2.12. The smallest absolute Gasteiger partial charge is 0.377 e. The summed E-state index contributed by atoms with van der Waals surface area (Å²) in [7, 11) is -1.73. The van der Waals surface area contributed by atoms with Crippen molar-refractivity contribution in [3.8, 4) is 0 Å². The lowest BCUT2D eigenvalue weighted by atomic mass is 10.9. The lowest BCUT2D eigenvalue weighted by Crippen LogP contribution is -2.27. The Hall–Kier alpha value is 0.0569. The van der Waals surface area contributed by atoms with Crippen molar-refractivity contribution >= 4 is 9.53 Å². The highest BCUT2D eigenvalue weighted by atomic mass is 28.3. The summed E-state index contributed by atoms with van der Waals surface area (Å²) >= 11 is 0. The van der Waals surface area contributed by atoms with Crippen LogP contribution in [0.5, 0.6) is 0 Å². The first-order chi connectivity index (χ1) is 6.35. The summed E-state index contributed by atoms with van der Waals surface area (Å²) in [6, 6.07) is 0. The van der Waals surface area contributed by atoms with Gasteiger partial charge in [0.25, 0.3) is 0 Å². The van der Waals surface area contributed by atoms with E-state index < -0.39 is 9.53 Å². The molecule has 1 aliphatic rings. The van der Waals surface area contributed by atoms with Crippen LogP contribution in [0.1, 0.15) is 20.8 Å². The summed E-state index contributed by atoms with van der Waals surface area (Å²) in [5.74, 6) is 0. The molecule has 0 unspecified atom stereocenters. The Kier molecular flexibility index (Phi) is 10.2. The van der Waals surface area contributed by atoms with Gasteiger partial charge < -0.3 is 18.0 Å². The predicted molar refractivity (Wildman–Crippen MR) is 52.8 cm³/mol. The molecule has 5 heteroatoms. The van der Waals surface area contributed by atoms with Gasteiger partial charge in [-0.2, -0.15) is 0 Å². The molecule has 0 aromatic carbocycles. The van der Waals surface area contributed by atoms with Crippen molar-refractivity contribution in [3.63, 3.8) is 0 Å². The minimum atomic E-state index is -1.73. The van der Waals surface area contributed by atoms with E-state index in [0.29, 0.717) is 19.8 Å². The van der Waals surface area contributed by atoms with Gasteiger partial charge in [-0.15, -0.1) is 0 Å². The van der Waals surface area contributed by atoms with Gasteiger partial charge in [0.15, 0.2) is 0 Å². The summed E-state index contributed by atoms with van der Waals surface area (Å²) in [5, 5.41) is 0. The van der Waals surface area contributed by atoms with Gasteiger partial charge in [-0.05, 0) is 20.8 Å². The maximum atomic E-state index is 5.22. The topological polar surface area (TPSA) is 40.2 Å². The van der Waals surface area contributed by atoms with Crippen molar-refractivity contribution in [2.45, 2.75) is 20.8 Å². The molecule has 0 saturated carbocycles. The second-order valence-electron chi connectivity index (χ2n) is 2.27. The Morgan fingerprint density at radius 3 is 1.38 bits per heavy atom. The maximum Gasteiger partial charge on any atom is 0.484 e. The van der Waals surface area contributed by atoms with Gasteiger partial charge in [-0.3, -0.25) is 0 Å². The second-order valence-corrected chi connectivity index (χ2v) is 3.84. The van der Waals surface area contributed by atoms with E-state index in [0.717, 1.165) is 13.2 Å². The number of hydrogen-bond donors (Lipinski definition) is 0. The van der Waals surface area contributed by atoms with Crippen LogP contribution >= 0.6 is 0 Å². The Balaban J connectivity index is 0.000000396. The highest BCUT2D eigenvalue weighted by molar-refractivity contribution is 6.36. The van der Waals surface area contributed by atoms with E-state index in [1.807, 2.05) is 20.8 Å². The van der Waals surface area contributed by atoms with Gasteiger partial charge in [0.2, 0.25) is 0 Å². The summed E-state index contributed by atoms with van der Waals surface area (Å²) in [6.45, 7) is 9.86. The first kappa shape index (κ1) is 13.1. The fraction of sp³-hybridized carbons (Fsp3) is 1.00. The molecule has 1 heterocycles. The number of epoxide rings is 1. The number of ether oxygens (including phenoxy) is 1. The molecular weight excluding hydrogens is 188 g/mol. The number of hydrogen-bond acceptors (Lipinski definition) is 4. The van der Waals surface area contributed by atoms with Crippen LogP contribution in [0.15, 0.2) is 0 Å². The summed E-state index contributed by atoms with van der Waals surface area (Å²) in [5.41, 5.74) is 0. The molecule has 0 aromatic rings. The molecule has 0 atom stereocenters. The zero-order valence-corrected chi connectivity index (χ0v) is 9.90. The first-order valence-electron chi connectivity index (χ1n) is 4.77. The van der Waals surface area contributed by atoms with Crippen molar-refractivity contribution in [2.24, 2.45) is 0 Å². The molecule has 0 amide bonds. The van der Waals surface area contributed by atoms with Crippen molar-refractivity contribution < 1.29 is 18.0 Å². The standard InChI is InChI=1S/C6H16O3Si.C2H4O/c1-4-7-10(8-5-2)9-6-3;1-2-3-1/h10H,4-6H2,1-3H3;1-2H2. The lowest BCUT2D eigenvalue weighted by molar-refractivity contribution is 0.107. The molecule has 13 heavy (non-hydrogen) atoms. The van der Waals surface area contributed by atoms with Crippen LogP contribution < -0.4 is 0 Å². The van der Waals surface area contributed by atoms with Gasteiger partial charge >= 0.3 is 9.53 Å². The molecular formula is C8H20O4Si. The zero-order valence-electron chi connectivity index (χ0n) is 8.75. The minimum Gasteiger partial charge on any atom is -0.377 e. The highest BCUT2D eigenvalue weighted by Gasteiger charge is 2.11. The molecule has 0 aromatic heterocycles. The summed E-state index contributed by atoms with van der Waals surface area (Å²) in [6.07, 6.45) is 0. The molecule has 1 rings (SSSR count). The van der Waals surface area contributed by atoms with Gasteiger partial charge in [-0.1, -0.05) is 0 Å². The third-order valence-electron chi connectivity index (χ3n) is 1.11. The SMILES string of the molecule is C1CO1.CCO[SiH](OCC)OCC. The van der Waals surface area contributed by atoms with Crippen molar-refractivity contribution in [2.75, 3.05) is 33.0 Å². The van der Waals surface area contributed by atoms with Gasteiger partial charge in [0.1, 0.15) is 0 Å². The van der Waals surface area contributed by atoms with E-state index in [1.54, 1.807) is 0 Å². The Morgan fingerprint density at radius 1 is 0.923 bits per heavy atom. The maximum absolute atomic E-state index is 5.22. The van der Waals surface area contributed by atoms with E-state index >= 15 is 0 Å². The Bertz CT molecular complexity index is 83.1. The van der Waals surface area contributed by atoms with E-state index in [9.17, 15) is 0 Å². The van der Waals surface area contributed by atoms with Crippen molar-refractivity contribution in [1.29, 1.82) is 0 Å². The van der Waals surface area contributed by atoms with Crippen LogP contribution in [-0.4, -0.2) is 42.6 Å². The molecule has 4 nitrogen and oxygen atoms in total. The molecule has 0 N–H and O–H groups in total. The number of rotatable bonds is 6. The third kappa shape index (κ3) is 12.1. The molecule has 1 fully saturated rings. The molecule has 80 valence electrons. The van der Waals surface area contributed by atoms with E-state index in [2.05, 4.69) is 4.74 Å². The third-order valence-corrected chi connectivity index (χ3v) is 2.93. The summed E-state index contributed by atoms with van der Waals surface area (Å²) < 4.78 is 20.2. The van der Waals surface area contributed by atoms with Crippen LogP contribution in [0.2, 0.25) is 0 Å². The van der Waals surface area contributed by atoms with Crippen LogP contribution in [-0.2, 0) is 18.0 Å². The van der Waals surface area contributed by atoms with Crippen LogP contribution in [0.3, 0.4) is 0 Å². The van der Waals surface area contributed by atoms with E-state index in [1.165, 1.54) is 0 Å². The second kappa shape index (κ2) is 10.1. The molecule has 1 saturated heterocycles. The van der Waals surface area contributed by atoms with Gasteiger partial charge in [-0.25, -0.2) is 0 Å². The Morgan fingerprint density at radius 2 is 1.23 bits per heavy atom. The molecule has 1 aliphatic heterocycles. The van der Waals surface area contributed by atoms with Crippen molar-refractivity contribution in [3.05, 3.63) is 0 Å². The van der Waals surface area contributed by atoms with Gasteiger partial charge in [0.05, 0.1) is 13.2 Å². The highest BCUT2D eigenvalue weighted by Crippen LogP contribution is 1.91. The summed E-state index contributed by atoms with van der Waals surface area (Å²) in [4.78, 5) is 0. The quantitative estimate of drug-likeness (QED) is 0.479.